The first-order valence-corrected chi connectivity index (χ1v) is 6.93. The zero-order valence-electron chi connectivity index (χ0n) is 10.7. The van der Waals surface area contributed by atoms with Crippen LogP contribution in [0.25, 0.3) is 0 Å². The number of piperidine rings is 1. The Morgan fingerprint density at radius 1 is 1.25 bits per heavy atom. The van der Waals surface area contributed by atoms with Gasteiger partial charge in [-0.2, -0.15) is 0 Å². The largest absolute Gasteiger partial charge is 0.300 e. The number of ketones is 1. The summed E-state index contributed by atoms with van der Waals surface area (Å²) in [7, 11) is 0. The number of nitrogens with zero attached hydrogens (tertiary/aromatic N) is 1. The van der Waals surface area contributed by atoms with Crippen LogP contribution in [0.1, 0.15) is 58.8 Å². The standard InChI is InChI=1S/C14H25NO/c1-11(10-12(2)16)15-9-5-7-13-6-3-4-8-14(13)15/h11,13-14H,3-10H2,1-2H3/t11?,13-,14-/m1/s1. The molecule has 1 aliphatic heterocycles. The summed E-state index contributed by atoms with van der Waals surface area (Å²) in [5.41, 5.74) is 0. The minimum absolute atomic E-state index is 0.338. The summed E-state index contributed by atoms with van der Waals surface area (Å²) in [4.78, 5) is 13.9. The molecule has 1 unspecified atom stereocenters. The van der Waals surface area contributed by atoms with Crippen molar-refractivity contribution in [2.75, 3.05) is 6.54 Å². The molecule has 2 heteroatoms. The predicted octanol–water partition coefficient (Wildman–Crippen LogP) is 3.01. The van der Waals surface area contributed by atoms with Gasteiger partial charge in [0.25, 0.3) is 0 Å². The molecule has 92 valence electrons. The SMILES string of the molecule is CC(=O)CC(C)N1CCC[C@H]2CCCC[C@H]21. The third kappa shape index (κ3) is 2.65. The summed E-state index contributed by atoms with van der Waals surface area (Å²) in [5, 5.41) is 0. The van der Waals surface area contributed by atoms with E-state index in [0.717, 1.165) is 18.4 Å². The van der Waals surface area contributed by atoms with Gasteiger partial charge < -0.3 is 0 Å². The second kappa shape index (κ2) is 5.31. The van der Waals surface area contributed by atoms with Crippen molar-refractivity contribution >= 4 is 5.78 Å². The van der Waals surface area contributed by atoms with E-state index in [-0.39, 0.29) is 0 Å². The second-order valence-corrected chi connectivity index (χ2v) is 5.75. The van der Waals surface area contributed by atoms with Crippen LogP contribution in [0.5, 0.6) is 0 Å². The smallest absolute Gasteiger partial charge is 0.131 e. The lowest BCUT2D eigenvalue weighted by molar-refractivity contribution is -0.118. The number of carbonyl (C=O) groups excluding carboxylic acids is 1. The fourth-order valence-corrected chi connectivity index (χ4v) is 3.74. The molecular weight excluding hydrogens is 198 g/mol. The van der Waals surface area contributed by atoms with Gasteiger partial charge in [-0.25, -0.2) is 0 Å². The number of hydrogen-bond donors (Lipinski definition) is 0. The van der Waals surface area contributed by atoms with Crippen LogP contribution in [0.2, 0.25) is 0 Å². The minimum Gasteiger partial charge on any atom is -0.300 e. The lowest BCUT2D eigenvalue weighted by atomic mass is 9.77. The number of rotatable bonds is 3. The van der Waals surface area contributed by atoms with E-state index in [0.29, 0.717) is 11.8 Å². The first-order chi connectivity index (χ1) is 7.68. The molecule has 2 aliphatic rings. The third-order valence-corrected chi connectivity index (χ3v) is 4.44. The quantitative estimate of drug-likeness (QED) is 0.733. The van der Waals surface area contributed by atoms with Gasteiger partial charge in [0.1, 0.15) is 5.78 Å². The van der Waals surface area contributed by atoms with E-state index in [1.54, 1.807) is 6.92 Å². The predicted molar refractivity (Wildman–Crippen MR) is 66.4 cm³/mol. The van der Waals surface area contributed by atoms with Gasteiger partial charge in [0.05, 0.1) is 0 Å². The Kier molecular flexibility index (Phi) is 4.01. The van der Waals surface area contributed by atoms with Crippen molar-refractivity contribution in [3.05, 3.63) is 0 Å². The molecule has 0 aromatic rings. The Balaban J connectivity index is 1.98. The van der Waals surface area contributed by atoms with Gasteiger partial charge in [0.2, 0.25) is 0 Å². The fourth-order valence-electron chi connectivity index (χ4n) is 3.74. The molecule has 2 rings (SSSR count). The van der Waals surface area contributed by atoms with Gasteiger partial charge in [0.15, 0.2) is 0 Å². The maximum Gasteiger partial charge on any atom is 0.131 e. The molecule has 0 aromatic carbocycles. The fraction of sp³-hybridized carbons (Fsp3) is 0.929. The van der Waals surface area contributed by atoms with Crippen LogP contribution in [0.15, 0.2) is 0 Å². The molecule has 1 saturated carbocycles. The molecule has 0 amide bonds. The molecule has 0 bridgehead atoms. The summed E-state index contributed by atoms with van der Waals surface area (Å²) in [6.45, 7) is 5.17. The molecule has 1 heterocycles. The molecule has 1 aliphatic carbocycles. The zero-order valence-corrected chi connectivity index (χ0v) is 10.7. The van der Waals surface area contributed by atoms with Crippen molar-refractivity contribution in [1.29, 1.82) is 0 Å². The second-order valence-electron chi connectivity index (χ2n) is 5.75. The normalized spacial score (nSPS) is 33.1. The number of carbonyl (C=O) groups is 1. The van der Waals surface area contributed by atoms with E-state index in [2.05, 4.69) is 11.8 Å². The van der Waals surface area contributed by atoms with Crippen LogP contribution in [0.4, 0.5) is 0 Å². The summed E-state index contributed by atoms with van der Waals surface area (Å²) in [5.74, 6) is 1.27. The molecule has 0 aromatic heterocycles. The van der Waals surface area contributed by atoms with Crippen LogP contribution >= 0.6 is 0 Å². The molecule has 16 heavy (non-hydrogen) atoms. The molecule has 0 radical (unpaired) electrons. The lowest BCUT2D eigenvalue weighted by Crippen LogP contribution is -2.51. The van der Waals surface area contributed by atoms with E-state index < -0.39 is 0 Å². The molecule has 2 fully saturated rings. The molecule has 0 spiro atoms. The highest BCUT2D eigenvalue weighted by Crippen LogP contribution is 2.36. The summed E-state index contributed by atoms with van der Waals surface area (Å²) < 4.78 is 0. The Morgan fingerprint density at radius 2 is 1.94 bits per heavy atom. The Hall–Kier alpha value is -0.370. The van der Waals surface area contributed by atoms with Crippen LogP contribution in [-0.2, 0) is 4.79 Å². The highest BCUT2D eigenvalue weighted by Gasteiger charge is 2.35. The van der Waals surface area contributed by atoms with Gasteiger partial charge in [-0.1, -0.05) is 12.8 Å². The van der Waals surface area contributed by atoms with E-state index in [9.17, 15) is 4.79 Å². The van der Waals surface area contributed by atoms with Gasteiger partial charge in [-0.05, 0) is 52.0 Å². The van der Waals surface area contributed by atoms with E-state index in [4.69, 9.17) is 0 Å². The van der Waals surface area contributed by atoms with Crippen LogP contribution in [0, 0.1) is 5.92 Å². The van der Waals surface area contributed by atoms with Crippen molar-refractivity contribution in [1.82, 2.24) is 4.90 Å². The van der Waals surface area contributed by atoms with E-state index in [1.807, 2.05) is 0 Å². The monoisotopic (exact) mass is 223 g/mol. The van der Waals surface area contributed by atoms with Crippen molar-refractivity contribution in [3.63, 3.8) is 0 Å². The van der Waals surface area contributed by atoms with Gasteiger partial charge in [0, 0.05) is 18.5 Å². The van der Waals surface area contributed by atoms with Gasteiger partial charge in [-0.15, -0.1) is 0 Å². The lowest BCUT2D eigenvalue weighted by Gasteiger charge is -2.46. The Morgan fingerprint density at radius 3 is 2.69 bits per heavy atom. The van der Waals surface area contributed by atoms with E-state index >= 15 is 0 Å². The van der Waals surface area contributed by atoms with Gasteiger partial charge >= 0.3 is 0 Å². The number of hydrogen-bond acceptors (Lipinski definition) is 2. The first kappa shape index (κ1) is 12.1. The average molecular weight is 223 g/mol. The van der Waals surface area contributed by atoms with Crippen molar-refractivity contribution in [2.45, 2.75) is 70.9 Å². The molecule has 3 atom stereocenters. The first-order valence-electron chi connectivity index (χ1n) is 6.93. The van der Waals surface area contributed by atoms with Crippen LogP contribution in [-0.4, -0.2) is 29.3 Å². The maximum absolute atomic E-state index is 11.2. The maximum atomic E-state index is 11.2. The van der Waals surface area contributed by atoms with Crippen molar-refractivity contribution in [3.8, 4) is 0 Å². The minimum atomic E-state index is 0.338. The van der Waals surface area contributed by atoms with Crippen LogP contribution < -0.4 is 0 Å². The third-order valence-electron chi connectivity index (χ3n) is 4.44. The zero-order chi connectivity index (χ0) is 11.5. The van der Waals surface area contributed by atoms with Gasteiger partial charge in [-0.3, -0.25) is 9.69 Å². The highest BCUT2D eigenvalue weighted by atomic mass is 16.1. The summed E-state index contributed by atoms with van der Waals surface area (Å²) >= 11 is 0. The number of Topliss-reactive ketones (excluding diaryl/α,β-unsaturated/α-hetero) is 1. The van der Waals surface area contributed by atoms with Crippen molar-refractivity contribution < 1.29 is 4.79 Å². The topological polar surface area (TPSA) is 20.3 Å². The van der Waals surface area contributed by atoms with Crippen molar-refractivity contribution in [2.24, 2.45) is 5.92 Å². The Labute approximate surface area is 99.4 Å². The van der Waals surface area contributed by atoms with Crippen LogP contribution in [0.3, 0.4) is 0 Å². The summed E-state index contributed by atoms with van der Waals surface area (Å²) in [6, 6.07) is 1.25. The molecule has 1 saturated heterocycles. The van der Waals surface area contributed by atoms with E-state index in [1.165, 1.54) is 45.1 Å². The number of fused-ring (bicyclic) bond motifs is 1. The molecular formula is C14H25NO. The number of likely N-dealkylation sites (tertiary alicyclic amines) is 1. The molecule has 2 nitrogen and oxygen atoms in total. The molecule has 0 N–H and O–H groups in total. The highest BCUT2D eigenvalue weighted by molar-refractivity contribution is 5.76. The average Bonchev–Trinajstić information content (AvgIpc) is 2.27. The summed E-state index contributed by atoms with van der Waals surface area (Å²) in [6.07, 6.45) is 9.11. The Bertz CT molecular complexity index is 249.